The number of methoxy groups -OCH3 is 1. The Morgan fingerprint density at radius 3 is 2.41 bits per heavy atom. The zero-order chi connectivity index (χ0) is 20.1. The zero-order valence-electron chi connectivity index (χ0n) is 16.2. The molecule has 3 aromatic carbocycles. The summed E-state index contributed by atoms with van der Waals surface area (Å²) in [7, 11) is 1.63. The van der Waals surface area contributed by atoms with E-state index in [4.69, 9.17) is 9.72 Å². The first-order valence-corrected chi connectivity index (χ1v) is 10.6. The van der Waals surface area contributed by atoms with Crippen LogP contribution in [0.15, 0.2) is 88.8 Å². The molecule has 0 saturated heterocycles. The number of thioether (sulfide) groups is 1. The Kier molecular flexibility index (Phi) is 5.96. The zero-order valence-corrected chi connectivity index (χ0v) is 17.1. The van der Waals surface area contributed by atoms with Gasteiger partial charge < -0.3 is 4.74 Å². The van der Waals surface area contributed by atoms with Crippen molar-refractivity contribution in [2.45, 2.75) is 18.0 Å². The van der Waals surface area contributed by atoms with E-state index < -0.39 is 0 Å². The minimum Gasteiger partial charge on any atom is -0.497 e. The lowest BCUT2D eigenvalue weighted by atomic mass is 10.1. The number of hydrogen-bond donors (Lipinski definition) is 0. The molecule has 146 valence electrons. The monoisotopic (exact) mass is 402 g/mol. The van der Waals surface area contributed by atoms with Crippen LogP contribution in [0, 0.1) is 0 Å². The number of rotatable bonds is 7. The van der Waals surface area contributed by atoms with E-state index in [2.05, 4.69) is 24.3 Å². The quantitative estimate of drug-likeness (QED) is 0.244. The molecule has 29 heavy (non-hydrogen) atoms. The molecule has 0 bridgehead atoms. The van der Waals surface area contributed by atoms with Gasteiger partial charge in [-0.1, -0.05) is 54.2 Å². The molecule has 0 N–H and O–H groups in total. The normalized spacial score (nSPS) is 10.9. The Balaban J connectivity index is 1.64. The second kappa shape index (κ2) is 8.97. The lowest BCUT2D eigenvalue weighted by Crippen LogP contribution is -2.21. The van der Waals surface area contributed by atoms with Gasteiger partial charge in [0.15, 0.2) is 5.16 Å². The van der Waals surface area contributed by atoms with Crippen LogP contribution in [-0.4, -0.2) is 22.4 Å². The van der Waals surface area contributed by atoms with Crippen LogP contribution in [-0.2, 0) is 6.42 Å². The van der Waals surface area contributed by atoms with Crippen molar-refractivity contribution < 1.29 is 4.74 Å². The molecule has 0 aliphatic carbocycles. The molecule has 5 heteroatoms. The summed E-state index contributed by atoms with van der Waals surface area (Å²) >= 11 is 1.62. The molecular formula is C24H22N2O2S. The molecule has 0 amide bonds. The first-order chi connectivity index (χ1) is 14.3. The van der Waals surface area contributed by atoms with Crippen molar-refractivity contribution in [1.29, 1.82) is 0 Å². The van der Waals surface area contributed by atoms with Gasteiger partial charge in [0.25, 0.3) is 5.56 Å². The van der Waals surface area contributed by atoms with Gasteiger partial charge in [0.1, 0.15) is 5.75 Å². The van der Waals surface area contributed by atoms with Gasteiger partial charge in [-0.15, -0.1) is 0 Å². The first kappa shape index (κ1) is 19.3. The topological polar surface area (TPSA) is 44.1 Å². The molecule has 4 nitrogen and oxygen atoms in total. The standard InChI is InChI=1S/C24H22N2O2S/c1-28-20-15-13-19(14-16-20)26-23(27)21-11-5-6-12-22(21)25-24(26)29-17-7-10-18-8-3-2-4-9-18/h2-6,8-9,11-16H,7,10,17H2,1H3. The van der Waals surface area contributed by atoms with Gasteiger partial charge in [-0.3, -0.25) is 9.36 Å². The van der Waals surface area contributed by atoms with Crippen LogP contribution in [0.4, 0.5) is 0 Å². The average molecular weight is 403 g/mol. The van der Waals surface area contributed by atoms with Gasteiger partial charge >= 0.3 is 0 Å². The number of aryl methyl sites for hydroxylation is 1. The van der Waals surface area contributed by atoms with E-state index in [0.29, 0.717) is 10.5 Å². The first-order valence-electron chi connectivity index (χ1n) is 9.59. The second-order valence-electron chi connectivity index (χ2n) is 6.69. The summed E-state index contributed by atoms with van der Waals surface area (Å²) in [6.07, 6.45) is 2.02. The largest absolute Gasteiger partial charge is 0.497 e. The van der Waals surface area contributed by atoms with Crippen molar-refractivity contribution in [2.24, 2.45) is 0 Å². The maximum absolute atomic E-state index is 13.2. The van der Waals surface area contributed by atoms with Crippen molar-refractivity contribution in [2.75, 3.05) is 12.9 Å². The molecule has 4 rings (SSSR count). The van der Waals surface area contributed by atoms with E-state index >= 15 is 0 Å². The molecule has 0 radical (unpaired) electrons. The predicted molar refractivity (Wildman–Crippen MR) is 119 cm³/mol. The van der Waals surface area contributed by atoms with E-state index in [0.717, 1.165) is 35.5 Å². The van der Waals surface area contributed by atoms with Crippen molar-refractivity contribution in [3.63, 3.8) is 0 Å². The highest BCUT2D eigenvalue weighted by Gasteiger charge is 2.13. The molecular weight excluding hydrogens is 380 g/mol. The van der Waals surface area contributed by atoms with Crippen molar-refractivity contribution in [3.8, 4) is 11.4 Å². The van der Waals surface area contributed by atoms with Crippen LogP contribution in [0.1, 0.15) is 12.0 Å². The van der Waals surface area contributed by atoms with Crippen LogP contribution in [0.25, 0.3) is 16.6 Å². The summed E-state index contributed by atoms with van der Waals surface area (Å²) in [4.78, 5) is 18.0. The molecule has 0 fully saturated rings. The van der Waals surface area contributed by atoms with Gasteiger partial charge in [0.2, 0.25) is 0 Å². The average Bonchev–Trinajstić information content (AvgIpc) is 2.78. The molecule has 1 heterocycles. The van der Waals surface area contributed by atoms with Crippen molar-refractivity contribution in [1.82, 2.24) is 9.55 Å². The Bertz CT molecular complexity index is 1160. The maximum Gasteiger partial charge on any atom is 0.266 e. The van der Waals surface area contributed by atoms with Gasteiger partial charge in [0, 0.05) is 5.75 Å². The van der Waals surface area contributed by atoms with Crippen LogP contribution in [0.2, 0.25) is 0 Å². The Labute approximate surface area is 174 Å². The number of fused-ring (bicyclic) bond motifs is 1. The van der Waals surface area contributed by atoms with E-state index in [1.54, 1.807) is 23.4 Å². The van der Waals surface area contributed by atoms with E-state index in [1.165, 1.54) is 5.56 Å². The molecule has 1 aromatic heterocycles. The third-order valence-electron chi connectivity index (χ3n) is 4.76. The Morgan fingerprint density at radius 2 is 1.66 bits per heavy atom. The minimum atomic E-state index is -0.0497. The van der Waals surface area contributed by atoms with Crippen molar-refractivity contribution >= 4 is 22.7 Å². The van der Waals surface area contributed by atoms with Gasteiger partial charge in [-0.2, -0.15) is 0 Å². The van der Waals surface area contributed by atoms with Gasteiger partial charge in [-0.05, 0) is 54.8 Å². The SMILES string of the molecule is COc1ccc(-n2c(SCCCc3ccccc3)nc3ccccc3c2=O)cc1. The minimum absolute atomic E-state index is 0.0497. The fraction of sp³-hybridized carbons (Fsp3) is 0.167. The summed E-state index contributed by atoms with van der Waals surface area (Å²) in [5.74, 6) is 1.64. The molecule has 0 aliphatic rings. The predicted octanol–water partition coefficient (Wildman–Crippen LogP) is 5.12. The number of ether oxygens (including phenoxy) is 1. The summed E-state index contributed by atoms with van der Waals surface area (Å²) in [6.45, 7) is 0. The summed E-state index contributed by atoms with van der Waals surface area (Å²) in [5, 5.41) is 1.34. The smallest absolute Gasteiger partial charge is 0.266 e. The molecule has 0 saturated carbocycles. The highest BCUT2D eigenvalue weighted by Crippen LogP contribution is 2.23. The highest BCUT2D eigenvalue weighted by atomic mass is 32.2. The van der Waals surface area contributed by atoms with E-state index in [-0.39, 0.29) is 5.56 Å². The lowest BCUT2D eigenvalue weighted by Gasteiger charge is -2.13. The number of aromatic nitrogens is 2. The van der Waals surface area contributed by atoms with Crippen LogP contribution in [0.3, 0.4) is 0 Å². The second-order valence-corrected chi connectivity index (χ2v) is 7.75. The van der Waals surface area contributed by atoms with Crippen LogP contribution < -0.4 is 10.3 Å². The van der Waals surface area contributed by atoms with E-state index in [9.17, 15) is 4.79 Å². The van der Waals surface area contributed by atoms with E-state index in [1.807, 2.05) is 54.6 Å². The molecule has 0 atom stereocenters. The summed E-state index contributed by atoms with van der Waals surface area (Å²) in [5.41, 5.74) is 2.80. The third-order valence-corrected chi connectivity index (χ3v) is 5.78. The Morgan fingerprint density at radius 1 is 0.931 bits per heavy atom. The number of benzene rings is 3. The molecule has 0 spiro atoms. The summed E-state index contributed by atoms with van der Waals surface area (Å²) in [6, 6.07) is 25.5. The maximum atomic E-state index is 13.2. The molecule has 0 unspecified atom stereocenters. The fourth-order valence-electron chi connectivity index (χ4n) is 3.25. The highest BCUT2D eigenvalue weighted by molar-refractivity contribution is 7.99. The molecule has 4 aromatic rings. The summed E-state index contributed by atoms with van der Waals surface area (Å²) < 4.78 is 6.95. The van der Waals surface area contributed by atoms with Crippen LogP contribution >= 0.6 is 11.8 Å². The van der Waals surface area contributed by atoms with Gasteiger partial charge in [-0.25, -0.2) is 4.98 Å². The number of para-hydroxylation sites is 1. The number of nitrogens with zero attached hydrogens (tertiary/aromatic N) is 2. The lowest BCUT2D eigenvalue weighted by molar-refractivity contribution is 0.414. The van der Waals surface area contributed by atoms with Crippen LogP contribution in [0.5, 0.6) is 5.75 Å². The van der Waals surface area contributed by atoms with Crippen molar-refractivity contribution in [3.05, 3.63) is 94.8 Å². The third kappa shape index (κ3) is 4.35. The van der Waals surface area contributed by atoms with Gasteiger partial charge in [0.05, 0.1) is 23.7 Å². The fourth-order valence-corrected chi connectivity index (χ4v) is 4.20. The molecule has 0 aliphatic heterocycles. The Hall–Kier alpha value is -3.05. The number of hydrogen-bond acceptors (Lipinski definition) is 4.